The maximum absolute atomic E-state index is 12.5. The molecule has 140 valence electrons. The molecule has 0 aromatic heterocycles. The quantitative estimate of drug-likeness (QED) is 0.450. The second-order valence-corrected chi connectivity index (χ2v) is 6.15. The summed E-state index contributed by atoms with van der Waals surface area (Å²) in [5.74, 6) is -1.23. The zero-order chi connectivity index (χ0) is 19.4. The van der Waals surface area contributed by atoms with Gasteiger partial charge in [0.05, 0.1) is 19.4 Å². The maximum Gasteiger partial charge on any atom is 0.355 e. The van der Waals surface area contributed by atoms with Crippen molar-refractivity contribution in [2.45, 2.75) is 12.8 Å². The summed E-state index contributed by atoms with van der Waals surface area (Å²) in [4.78, 5) is 25.0. The van der Waals surface area contributed by atoms with Gasteiger partial charge in [-0.05, 0) is 48.9 Å². The summed E-state index contributed by atoms with van der Waals surface area (Å²) in [7, 11) is 1.57. The highest BCUT2D eigenvalue weighted by Crippen LogP contribution is 2.35. The van der Waals surface area contributed by atoms with E-state index in [1.165, 1.54) is 0 Å². The standard InChI is InChI=1S/C19H18ClN3O4/c1-3-27-19(25)17(23-22-12-5-7-13(26-2)8-6-12)16-14-9-4-11(20)10-15(14)21-18(16)24/h4-10,16,22H,3H2,1-2H3,(H,21,24)/b23-17-. The summed E-state index contributed by atoms with van der Waals surface area (Å²) in [6, 6.07) is 12.0. The smallest absolute Gasteiger partial charge is 0.355 e. The van der Waals surface area contributed by atoms with Gasteiger partial charge < -0.3 is 14.8 Å². The van der Waals surface area contributed by atoms with Gasteiger partial charge in [0.25, 0.3) is 0 Å². The van der Waals surface area contributed by atoms with E-state index in [2.05, 4.69) is 15.8 Å². The lowest BCUT2D eigenvalue weighted by atomic mass is 9.95. The molecule has 0 radical (unpaired) electrons. The molecule has 0 spiro atoms. The molecule has 0 aliphatic carbocycles. The third kappa shape index (κ3) is 4.03. The largest absolute Gasteiger partial charge is 0.497 e. The molecule has 1 unspecified atom stereocenters. The highest BCUT2D eigenvalue weighted by molar-refractivity contribution is 6.44. The lowest BCUT2D eigenvalue weighted by Gasteiger charge is -2.12. The Balaban J connectivity index is 1.94. The van der Waals surface area contributed by atoms with Crippen LogP contribution in [0, 0.1) is 0 Å². The van der Waals surface area contributed by atoms with Gasteiger partial charge in [-0.25, -0.2) is 4.79 Å². The molecular formula is C19H18ClN3O4. The summed E-state index contributed by atoms with van der Waals surface area (Å²) < 4.78 is 10.2. The second kappa shape index (κ2) is 8.09. The summed E-state index contributed by atoms with van der Waals surface area (Å²) in [6.45, 7) is 1.86. The van der Waals surface area contributed by atoms with Gasteiger partial charge in [0, 0.05) is 10.7 Å². The van der Waals surface area contributed by atoms with Crippen LogP contribution >= 0.6 is 11.6 Å². The van der Waals surface area contributed by atoms with Crippen LogP contribution in [0.5, 0.6) is 5.75 Å². The molecule has 1 aliphatic heterocycles. The van der Waals surface area contributed by atoms with E-state index in [9.17, 15) is 9.59 Å². The third-order valence-electron chi connectivity index (χ3n) is 4.00. The number of hydrazone groups is 1. The Bertz CT molecular complexity index is 896. The number of amides is 1. The number of methoxy groups -OCH3 is 1. The number of fused-ring (bicyclic) bond motifs is 1. The Kier molecular flexibility index (Phi) is 5.61. The van der Waals surface area contributed by atoms with Gasteiger partial charge in [-0.15, -0.1) is 0 Å². The summed E-state index contributed by atoms with van der Waals surface area (Å²) >= 11 is 5.98. The molecule has 1 amide bonds. The van der Waals surface area contributed by atoms with Crippen molar-refractivity contribution in [3.63, 3.8) is 0 Å². The predicted molar refractivity (Wildman–Crippen MR) is 104 cm³/mol. The average Bonchev–Trinajstić information content (AvgIpc) is 2.97. The van der Waals surface area contributed by atoms with E-state index >= 15 is 0 Å². The summed E-state index contributed by atoms with van der Waals surface area (Å²) in [5.41, 5.74) is 4.57. The van der Waals surface area contributed by atoms with Crippen molar-refractivity contribution in [2.75, 3.05) is 24.5 Å². The van der Waals surface area contributed by atoms with Gasteiger partial charge in [-0.3, -0.25) is 10.2 Å². The van der Waals surface area contributed by atoms with E-state index in [0.717, 1.165) is 0 Å². The molecule has 3 rings (SSSR count). The van der Waals surface area contributed by atoms with E-state index in [0.29, 0.717) is 27.7 Å². The van der Waals surface area contributed by atoms with Crippen molar-refractivity contribution in [1.29, 1.82) is 0 Å². The topological polar surface area (TPSA) is 89.0 Å². The lowest BCUT2D eigenvalue weighted by molar-refractivity contribution is -0.135. The minimum Gasteiger partial charge on any atom is -0.497 e. The molecule has 27 heavy (non-hydrogen) atoms. The summed E-state index contributed by atoms with van der Waals surface area (Å²) in [5, 5.41) is 7.39. The molecule has 1 atom stereocenters. The van der Waals surface area contributed by atoms with Crippen molar-refractivity contribution in [2.24, 2.45) is 5.10 Å². The Labute approximate surface area is 161 Å². The number of benzene rings is 2. The van der Waals surface area contributed by atoms with E-state index in [1.54, 1.807) is 56.5 Å². The van der Waals surface area contributed by atoms with Crippen molar-refractivity contribution in [3.8, 4) is 5.75 Å². The predicted octanol–water partition coefficient (Wildman–Crippen LogP) is 3.42. The number of nitrogens with zero attached hydrogens (tertiary/aromatic N) is 1. The molecule has 0 saturated carbocycles. The number of carbonyl (C=O) groups is 2. The molecule has 2 aromatic carbocycles. The molecule has 0 bridgehead atoms. The molecule has 8 heteroatoms. The minimum atomic E-state index is -0.887. The number of rotatable bonds is 6. The fourth-order valence-corrected chi connectivity index (χ4v) is 2.90. The monoisotopic (exact) mass is 387 g/mol. The highest BCUT2D eigenvalue weighted by Gasteiger charge is 2.39. The van der Waals surface area contributed by atoms with Crippen LogP contribution in [-0.4, -0.2) is 31.3 Å². The van der Waals surface area contributed by atoms with Gasteiger partial charge in [-0.2, -0.15) is 5.10 Å². The number of anilines is 2. The normalized spacial score (nSPS) is 15.7. The highest BCUT2D eigenvalue weighted by atomic mass is 35.5. The van der Waals surface area contributed by atoms with Gasteiger partial charge in [0.1, 0.15) is 11.7 Å². The van der Waals surface area contributed by atoms with E-state index < -0.39 is 11.9 Å². The van der Waals surface area contributed by atoms with Crippen molar-refractivity contribution >= 4 is 40.6 Å². The van der Waals surface area contributed by atoms with Gasteiger partial charge in [0.15, 0.2) is 5.71 Å². The van der Waals surface area contributed by atoms with Crippen LogP contribution in [0.4, 0.5) is 11.4 Å². The second-order valence-electron chi connectivity index (χ2n) is 5.71. The van der Waals surface area contributed by atoms with Crippen LogP contribution in [0.3, 0.4) is 0 Å². The lowest BCUT2D eigenvalue weighted by Crippen LogP contribution is -2.30. The first kappa shape index (κ1) is 18.7. The number of halogens is 1. The van der Waals surface area contributed by atoms with Gasteiger partial charge in [0.2, 0.25) is 5.91 Å². The Morgan fingerprint density at radius 2 is 2.00 bits per heavy atom. The fraction of sp³-hybridized carbons (Fsp3) is 0.211. The van der Waals surface area contributed by atoms with Crippen LogP contribution in [0.1, 0.15) is 18.4 Å². The maximum atomic E-state index is 12.5. The number of esters is 1. The van der Waals surface area contributed by atoms with Crippen LogP contribution in [0.25, 0.3) is 0 Å². The number of hydrogen-bond donors (Lipinski definition) is 2. The van der Waals surface area contributed by atoms with E-state index in [4.69, 9.17) is 21.1 Å². The Morgan fingerprint density at radius 1 is 1.26 bits per heavy atom. The van der Waals surface area contributed by atoms with E-state index in [1.807, 2.05) is 0 Å². The number of hydrogen-bond acceptors (Lipinski definition) is 6. The Hall–Kier alpha value is -3.06. The van der Waals surface area contributed by atoms with Crippen LogP contribution in [0.2, 0.25) is 5.02 Å². The molecular weight excluding hydrogens is 370 g/mol. The van der Waals surface area contributed by atoms with Crippen LogP contribution < -0.4 is 15.5 Å². The molecule has 0 saturated heterocycles. The van der Waals surface area contributed by atoms with Crippen molar-refractivity contribution in [1.82, 2.24) is 0 Å². The summed E-state index contributed by atoms with van der Waals surface area (Å²) in [6.07, 6.45) is 0. The first-order valence-electron chi connectivity index (χ1n) is 8.28. The fourth-order valence-electron chi connectivity index (χ4n) is 2.73. The van der Waals surface area contributed by atoms with Gasteiger partial charge >= 0.3 is 5.97 Å². The first-order chi connectivity index (χ1) is 13.0. The molecule has 1 heterocycles. The first-order valence-corrected chi connectivity index (χ1v) is 8.66. The molecule has 2 aromatic rings. The Morgan fingerprint density at radius 3 is 2.67 bits per heavy atom. The SMILES string of the molecule is CCOC(=O)/C(=N\Nc1ccc(OC)cc1)C1C(=O)Nc2cc(Cl)ccc21. The van der Waals surface area contributed by atoms with Crippen LogP contribution in [-0.2, 0) is 14.3 Å². The number of carbonyl (C=O) groups excluding carboxylic acids is 2. The minimum absolute atomic E-state index is 0.0359. The van der Waals surface area contributed by atoms with Crippen molar-refractivity contribution in [3.05, 3.63) is 53.1 Å². The zero-order valence-electron chi connectivity index (χ0n) is 14.8. The molecule has 2 N–H and O–H groups in total. The van der Waals surface area contributed by atoms with Crippen molar-refractivity contribution < 1.29 is 19.1 Å². The van der Waals surface area contributed by atoms with E-state index in [-0.39, 0.29) is 18.2 Å². The average molecular weight is 388 g/mol. The zero-order valence-corrected chi connectivity index (χ0v) is 15.5. The number of nitrogens with one attached hydrogen (secondary N) is 2. The molecule has 1 aliphatic rings. The molecule has 0 fully saturated rings. The van der Waals surface area contributed by atoms with Gasteiger partial charge in [-0.1, -0.05) is 17.7 Å². The molecule has 7 nitrogen and oxygen atoms in total. The van der Waals surface area contributed by atoms with Crippen LogP contribution in [0.15, 0.2) is 47.6 Å². The number of ether oxygens (including phenoxy) is 2. The third-order valence-corrected chi connectivity index (χ3v) is 4.23.